The molecule has 0 aliphatic rings. The molecule has 2 rings (SSSR count). The molecule has 0 fully saturated rings. The van der Waals surface area contributed by atoms with Gasteiger partial charge < -0.3 is 9.64 Å². The van der Waals surface area contributed by atoms with E-state index in [1.54, 1.807) is 23.2 Å². The maximum absolute atomic E-state index is 12.7. The smallest absolute Gasteiger partial charge is 0.255 e. The molecule has 0 spiro atoms. The van der Waals surface area contributed by atoms with Gasteiger partial charge in [-0.15, -0.1) is 0 Å². The van der Waals surface area contributed by atoms with Crippen LogP contribution in [-0.4, -0.2) is 33.4 Å². The quantitative estimate of drug-likeness (QED) is 0.782. The molecule has 1 amide bonds. The number of nitrogens with zero attached hydrogens (tertiary/aromatic N) is 4. The highest BCUT2D eigenvalue weighted by Crippen LogP contribution is 2.13. The van der Waals surface area contributed by atoms with Gasteiger partial charge in [-0.3, -0.25) is 9.78 Å². The maximum Gasteiger partial charge on any atom is 0.255 e. The zero-order valence-corrected chi connectivity index (χ0v) is 13.8. The molecule has 0 aliphatic heterocycles. The van der Waals surface area contributed by atoms with Crippen LogP contribution in [0.2, 0.25) is 0 Å². The number of hydrogen-bond acceptors (Lipinski definition) is 5. The molecule has 24 heavy (non-hydrogen) atoms. The third-order valence-electron chi connectivity index (χ3n) is 3.20. The Morgan fingerprint density at radius 1 is 1.29 bits per heavy atom. The molecule has 2 aromatic heterocycles. The Bertz CT molecular complexity index is 693. The third kappa shape index (κ3) is 5.06. The Balaban J connectivity index is 2.13. The first kappa shape index (κ1) is 17.4. The van der Waals surface area contributed by atoms with Gasteiger partial charge in [0, 0.05) is 25.0 Å². The second-order valence-electron chi connectivity index (χ2n) is 5.51. The van der Waals surface area contributed by atoms with Crippen LogP contribution in [0.3, 0.4) is 0 Å². The van der Waals surface area contributed by atoms with E-state index in [9.17, 15) is 4.79 Å². The minimum atomic E-state index is -0.181. The predicted octanol–water partition coefficient (Wildman–Crippen LogP) is 2.82. The van der Waals surface area contributed by atoms with E-state index >= 15 is 0 Å². The van der Waals surface area contributed by atoms with Crippen molar-refractivity contribution in [3.63, 3.8) is 0 Å². The summed E-state index contributed by atoms with van der Waals surface area (Å²) in [5.41, 5.74) is 1.23. The minimum Gasteiger partial charge on any atom is -0.475 e. The highest BCUT2D eigenvalue weighted by Gasteiger charge is 2.17. The number of ether oxygens (including phenoxy) is 1. The Morgan fingerprint density at radius 3 is 2.71 bits per heavy atom. The number of nitriles is 1. The molecular formula is C18H20N4O2. The maximum atomic E-state index is 12.7. The standard InChI is InChI=1S/C18H20N4O2/c1-14(2)24-17-8-7-15(12-21-17)18(23)22(11-5-9-19)13-16-6-3-4-10-20-16/h3-4,6-8,10,12,14H,5,11,13H2,1-2H3. The van der Waals surface area contributed by atoms with E-state index in [0.29, 0.717) is 24.5 Å². The number of hydrogen-bond donors (Lipinski definition) is 0. The zero-order chi connectivity index (χ0) is 17.4. The zero-order valence-electron chi connectivity index (χ0n) is 13.8. The van der Waals surface area contributed by atoms with Gasteiger partial charge in [0.1, 0.15) is 0 Å². The third-order valence-corrected chi connectivity index (χ3v) is 3.20. The number of aromatic nitrogens is 2. The molecule has 2 aromatic rings. The Labute approximate surface area is 141 Å². The molecule has 0 aromatic carbocycles. The van der Waals surface area contributed by atoms with E-state index in [-0.39, 0.29) is 18.4 Å². The Morgan fingerprint density at radius 2 is 2.12 bits per heavy atom. The molecule has 0 atom stereocenters. The van der Waals surface area contributed by atoms with Crippen LogP contribution in [0.4, 0.5) is 0 Å². The van der Waals surface area contributed by atoms with Crippen molar-refractivity contribution in [3.05, 3.63) is 54.0 Å². The Kier molecular flexibility index (Phi) is 6.26. The fourth-order valence-corrected chi connectivity index (χ4v) is 2.13. The van der Waals surface area contributed by atoms with E-state index in [1.165, 1.54) is 6.20 Å². The molecule has 2 heterocycles. The molecule has 0 aliphatic carbocycles. The fraction of sp³-hybridized carbons (Fsp3) is 0.333. The molecule has 124 valence electrons. The number of carbonyl (C=O) groups is 1. The van der Waals surface area contributed by atoms with Gasteiger partial charge >= 0.3 is 0 Å². The Hall–Kier alpha value is -2.94. The average molecular weight is 324 g/mol. The fourth-order valence-electron chi connectivity index (χ4n) is 2.13. The summed E-state index contributed by atoms with van der Waals surface area (Å²) in [5.74, 6) is 0.300. The van der Waals surface area contributed by atoms with Crippen molar-refractivity contribution in [2.24, 2.45) is 0 Å². The summed E-state index contributed by atoms with van der Waals surface area (Å²) in [6.07, 6.45) is 3.47. The summed E-state index contributed by atoms with van der Waals surface area (Å²) in [4.78, 5) is 22.7. The lowest BCUT2D eigenvalue weighted by Crippen LogP contribution is -2.31. The van der Waals surface area contributed by atoms with Crippen LogP contribution >= 0.6 is 0 Å². The molecule has 0 bridgehead atoms. The van der Waals surface area contributed by atoms with E-state index < -0.39 is 0 Å². The van der Waals surface area contributed by atoms with Crippen LogP contribution in [0.25, 0.3) is 0 Å². The van der Waals surface area contributed by atoms with E-state index in [2.05, 4.69) is 16.0 Å². The van der Waals surface area contributed by atoms with Gasteiger partial charge in [-0.25, -0.2) is 4.98 Å². The molecule has 0 saturated carbocycles. The molecule has 0 N–H and O–H groups in total. The highest BCUT2D eigenvalue weighted by atomic mass is 16.5. The lowest BCUT2D eigenvalue weighted by atomic mass is 10.2. The first-order valence-corrected chi connectivity index (χ1v) is 7.79. The molecule has 0 unspecified atom stereocenters. The van der Waals surface area contributed by atoms with Crippen LogP contribution in [0.15, 0.2) is 42.7 Å². The molecule has 0 saturated heterocycles. The predicted molar refractivity (Wildman–Crippen MR) is 89.2 cm³/mol. The topological polar surface area (TPSA) is 79.1 Å². The minimum absolute atomic E-state index is 0.0235. The normalized spacial score (nSPS) is 10.2. The van der Waals surface area contributed by atoms with Crippen LogP contribution in [0, 0.1) is 11.3 Å². The van der Waals surface area contributed by atoms with Crippen LogP contribution < -0.4 is 4.74 Å². The second kappa shape index (κ2) is 8.63. The monoisotopic (exact) mass is 324 g/mol. The first-order chi connectivity index (χ1) is 11.6. The van der Waals surface area contributed by atoms with Crippen molar-refractivity contribution in [2.45, 2.75) is 32.9 Å². The summed E-state index contributed by atoms with van der Waals surface area (Å²) in [5, 5.41) is 8.82. The summed E-state index contributed by atoms with van der Waals surface area (Å²) >= 11 is 0. The summed E-state index contributed by atoms with van der Waals surface area (Å²) < 4.78 is 5.48. The lowest BCUT2D eigenvalue weighted by molar-refractivity contribution is 0.0744. The van der Waals surface area contributed by atoms with E-state index in [0.717, 1.165) is 5.69 Å². The van der Waals surface area contributed by atoms with Crippen LogP contribution in [0.1, 0.15) is 36.3 Å². The lowest BCUT2D eigenvalue weighted by Gasteiger charge is -2.21. The van der Waals surface area contributed by atoms with Gasteiger partial charge in [0.15, 0.2) is 0 Å². The van der Waals surface area contributed by atoms with Gasteiger partial charge in [-0.2, -0.15) is 5.26 Å². The van der Waals surface area contributed by atoms with Crippen molar-refractivity contribution in [1.82, 2.24) is 14.9 Å². The summed E-state index contributed by atoms with van der Waals surface area (Å²) in [6, 6.07) is 11.0. The van der Waals surface area contributed by atoms with Gasteiger partial charge in [-0.1, -0.05) is 6.07 Å². The van der Waals surface area contributed by atoms with Crippen LogP contribution in [-0.2, 0) is 6.54 Å². The van der Waals surface area contributed by atoms with Crippen molar-refractivity contribution in [1.29, 1.82) is 5.26 Å². The van der Waals surface area contributed by atoms with E-state index in [4.69, 9.17) is 10.00 Å². The van der Waals surface area contributed by atoms with Crippen molar-refractivity contribution in [3.8, 4) is 11.9 Å². The summed E-state index contributed by atoms with van der Waals surface area (Å²) in [6.45, 7) is 4.52. The van der Waals surface area contributed by atoms with Gasteiger partial charge in [0.2, 0.25) is 5.88 Å². The molecule has 6 nitrogen and oxygen atoms in total. The molecular weight excluding hydrogens is 304 g/mol. The first-order valence-electron chi connectivity index (χ1n) is 7.79. The highest BCUT2D eigenvalue weighted by molar-refractivity contribution is 5.93. The van der Waals surface area contributed by atoms with Gasteiger partial charge in [0.25, 0.3) is 5.91 Å². The van der Waals surface area contributed by atoms with Crippen molar-refractivity contribution in [2.75, 3.05) is 6.54 Å². The molecule has 0 radical (unpaired) electrons. The van der Waals surface area contributed by atoms with Crippen molar-refractivity contribution >= 4 is 5.91 Å². The average Bonchev–Trinajstić information content (AvgIpc) is 2.59. The van der Waals surface area contributed by atoms with Gasteiger partial charge in [0.05, 0.1) is 36.4 Å². The second-order valence-corrected chi connectivity index (χ2v) is 5.51. The van der Waals surface area contributed by atoms with Gasteiger partial charge in [-0.05, 0) is 32.0 Å². The number of pyridine rings is 2. The number of rotatable bonds is 7. The molecule has 6 heteroatoms. The number of amides is 1. The summed E-state index contributed by atoms with van der Waals surface area (Å²) in [7, 11) is 0. The SMILES string of the molecule is CC(C)Oc1ccc(C(=O)N(CCC#N)Cc2ccccn2)cn1. The number of carbonyl (C=O) groups excluding carboxylic acids is 1. The largest absolute Gasteiger partial charge is 0.475 e. The van der Waals surface area contributed by atoms with Crippen LogP contribution in [0.5, 0.6) is 5.88 Å². The van der Waals surface area contributed by atoms with Crippen molar-refractivity contribution < 1.29 is 9.53 Å². The van der Waals surface area contributed by atoms with E-state index in [1.807, 2.05) is 32.0 Å².